The Balaban J connectivity index is 0.00000392. The van der Waals surface area contributed by atoms with Gasteiger partial charge in [-0.25, -0.2) is 0 Å². The van der Waals surface area contributed by atoms with Gasteiger partial charge in [0, 0.05) is 19.3 Å². The molecule has 152 valence electrons. The number of nitrogens with zero attached hydrogens (tertiary/aromatic N) is 1. The molecule has 0 aromatic heterocycles. The number of carbonyl (C=O) groups is 2. The van der Waals surface area contributed by atoms with E-state index in [2.05, 4.69) is 5.32 Å². The third kappa shape index (κ3) is 6.86. The van der Waals surface area contributed by atoms with Gasteiger partial charge in [-0.1, -0.05) is 42.5 Å². The topological polar surface area (TPSA) is 75.4 Å². The standard InChI is InChI=1S/C19H20F3N3O2.ClH/c1-25(18(27)19(20,21)22)12-14-8-5-9-15(10-14)24-17(26)16(23)11-13-6-3-2-4-7-13;/h2-10,16H,11-12,23H2,1H3,(H,24,26);1H/t16-;/m0./s1. The molecule has 0 heterocycles. The molecule has 0 aliphatic carbocycles. The van der Waals surface area contributed by atoms with Crippen LogP contribution in [-0.2, 0) is 22.6 Å². The highest BCUT2D eigenvalue weighted by atomic mass is 35.5. The highest BCUT2D eigenvalue weighted by Gasteiger charge is 2.41. The normalized spacial score (nSPS) is 11.9. The van der Waals surface area contributed by atoms with Gasteiger partial charge in [0.1, 0.15) is 0 Å². The Morgan fingerprint density at radius 2 is 1.68 bits per heavy atom. The third-order valence-corrected chi connectivity index (χ3v) is 3.84. The minimum atomic E-state index is -4.93. The number of benzene rings is 2. The molecule has 5 nitrogen and oxygen atoms in total. The molecule has 2 rings (SSSR count). The van der Waals surface area contributed by atoms with E-state index in [1.807, 2.05) is 30.3 Å². The first-order chi connectivity index (χ1) is 12.7. The van der Waals surface area contributed by atoms with Crippen molar-refractivity contribution in [3.8, 4) is 0 Å². The molecule has 0 saturated carbocycles. The van der Waals surface area contributed by atoms with E-state index < -0.39 is 24.0 Å². The van der Waals surface area contributed by atoms with Crippen LogP contribution in [0.4, 0.5) is 18.9 Å². The molecule has 2 amide bonds. The molecule has 0 aliphatic heterocycles. The second kappa shape index (κ2) is 10.1. The maximum atomic E-state index is 12.5. The Kier molecular flexibility index (Phi) is 8.46. The second-order valence-electron chi connectivity index (χ2n) is 6.14. The SMILES string of the molecule is CN(Cc1cccc(NC(=O)[C@@H](N)Cc2ccccc2)c1)C(=O)C(F)(F)F.Cl. The van der Waals surface area contributed by atoms with Crippen molar-refractivity contribution in [2.24, 2.45) is 5.73 Å². The van der Waals surface area contributed by atoms with E-state index in [4.69, 9.17) is 5.73 Å². The van der Waals surface area contributed by atoms with Crippen LogP contribution in [0.2, 0.25) is 0 Å². The smallest absolute Gasteiger partial charge is 0.334 e. The largest absolute Gasteiger partial charge is 0.471 e. The minimum Gasteiger partial charge on any atom is -0.334 e. The van der Waals surface area contributed by atoms with Gasteiger partial charge >= 0.3 is 12.1 Å². The highest BCUT2D eigenvalue weighted by molar-refractivity contribution is 5.94. The van der Waals surface area contributed by atoms with Gasteiger partial charge in [0.25, 0.3) is 0 Å². The quantitative estimate of drug-likeness (QED) is 0.761. The van der Waals surface area contributed by atoms with Crippen LogP contribution >= 0.6 is 12.4 Å². The number of rotatable bonds is 6. The molecule has 3 N–H and O–H groups in total. The number of hydrogen-bond donors (Lipinski definition) is 2. The summed E-state index contributed by atoms with van der Waals surface area (Å²) in [5, 5.41) is 2.65. The van der Waals surface area contributed by atoms with Crippen molar-refractivity contribution in [3.05, 3.63) is 65.7 Å². The van der Waals surface area contributed by atoms with E-state index in [9.17, 15) is 22.8 Å². The highest BCUT2D eigenvalue weighted by Crippen LogP contribution is 2.20. The molecule has 0 radical (unpaired) electrons. The molecule has 2 aromatic rings. The summed E-state index contributed by atoms with van der Waals surface area (Å²) in [7, 11) is 1.07. The first-order valence-corrected chi connectivity index (χ1v) is 8.18. The van der Waals surface area contributed by atoms with Crippen LogP contribution in [-0.4, -0.2) is 36.0 Å². The van der Waals surface area contributed by atoms with Gasteiger partial charge in [-0.15, -0.1) is 12.4 Å². The molecule has 1 atom stereocenters. The van der Waals surface area contributed by atoms with Gasteiger partial charge in [-0.3, -0.25) is 9.59 Å². The average molecular weight is 416 g/mol. The van der Waals surface area contributed by atoms with E-state index in [1.165, 1.54) is 6.07 Å². The van der Waals surface area contributed by atoms with Gasteiger partial charge in [-0.2, -0.15) is 13.2 Å². The van der Waals surface area contributed by atoms with Gasteiger partial charge in [-0.05, 0) is 29.7 Å². The second-order valence-corrected chi connectivity index (χ2v) is 6.14. The summed E-state index contributed by atoms with van der Waals surface area (Å²) >= 11 is 0. The zero-order valence-corrected chi connectivity index (χ0v) is 15.9. The third-order valence-electron chi connectivity index (χ3n) is 3.84. The maximum Gasteiger partial charge on any atom is 0.471 e. The van der Waals surface area contributed by atoms with Crippen molar-refractivity contribution in [1.29, 1.82) is 0 Å². The fourth-order valence-electron chi connectivity index (χ4n) is 2.51. The number of alkyl halides is 3. The van der Waals surface area contributed by atoms with Crippen molar-refractivity contribution < 1.29 is 22.8 Å². The summed E-state index contributed by atoms with van der Waals surface area (Å²) in [6.45, 7) is -0.238. The van der Waals surface area contributed by atoms with Crippen molar-refractivity contribution in [2.75, 3.05) is 12.4 Å². The Labute approximate surface area is 167 Å². The molecule has 28 heavy (non-hydrogen) atoms. The molecule has 0 aliphatic rings. The number of nitrogens with two attached hydrogens (primary N) is 1. The Bertz CT molecular complexity index is 801. The van der Waals surface area contributed by atoms with E-state index in [1.54, 1.807) is 18.2 Å². The predicted molar refractivity (Wildman–Crippen MR) is 103 cm³/mol. The summed E-state index contributed by atoms with van der Waals surface area (Å²) < 4.78 is 37.4. The first-order valence-electron chi connectivity index (χ1n) is 8.18. The summed E-state index contributed by atoms with van der Waals surface area (Å²) in [5.41, 5.74) is 7.68. The number of hydrogen-bond acceptors (Lipinski definition) is 3. The average Bonchev–Trinajstić information content (AvgIpc) is 2.61. The van der Waals surface area contributed by atoms with Crippen LogP contribution in [0.3, 0.4) is 0 Å². The predicted octanol–water partition coefficient (Wildman–Crippen LogP) is 3.14. The van der Waals surface area contributed by atoms with Crippen LogP contribution in [0.15, 0.2) is 54.6 Å². The molecular weight excluding hydrogens is 395 g/mol. The number of nitrogens with one attached hydrogen (secondary N) is 1. The van der Waals surface area contributed by atoms with Gasteiger partial charge in [0.2, 0.25) is 5.91 Å². The lowest BCUT2D eigenvalue weighted by Gasteiger charge is -2.19. The van der Waals surface area contributed by atoms with Crippen molar-refractivity contribution in [1.82, 2.24) is 4.90 Å². The van der Waals surface area contributed by atoms with Gasteiger partial charge in [0.05, 0.1) is 6.04 Å². The maximum absolute atomic E-state index is 12.5. The lowest BCUT2D eigenvalue weighted by Crippen LogP contribution is -2.38. The molecule has 2 aromatic carbocycles. The Hall–Kier alpha value is -2.58. The molecule has 0 fully saturated rings. The van der Waals surface area contributed by atoms with Crippen LogP contribution in [0.25, 0.3) is 0 Å². The van der Waals surface area contributed by atoms with Crippen molar-refractivity contribution >= 4 is 29.9 Å². The molecule has 0 saturated heterocycles. The lowest BCUT2D eigenvalue weighted by atomic mass is 10.1. The summed E-state index contributed by atoms with van der Waals surface area (Å²) in [5.74, 6) is -2.34. The van der Waals surface area contributed by atoms with Crippen LogP contribution < -0.4 is 11.1 Å². The number of carbonyl (C=O) groups excluding carboxylic acids is 2. The molecule has 0 bridgehead atoms. The molecule has 0 unspecified atom stereocenters. The number of amides is 2. The summed E-state index contributed by atoms with van der Waals surface area (Å²) in [6, 6.07) is 14.8. The van der Waals surface area contributed by atoms with E-state index in [0.29, 0.717) is 22.6 Å². The Morgan fingerprint density at radius 1 is 1.07 bits per heavy atom. The van der Waals surface area contributed by atoms with Gasteiger partial charge < -0.3 is 16.0 Å². The van der Waals surface area contributed by atoms with Crippen LogP contribution in [0, 0.1) is 0 Å². The molecule has 0 spiro atoms. The van der Waals surface area contributed by atoms with E-state index in [-0.39, 0.29) is 19.0 Å². The fraction of sp³-hybridized carbons (Fsp3) is 0.263. The van der Waals surface area contributed by atoms with Crippen molar-refractivity contribution in [2.45, 2.75) is 25.2 Å². The van der Waals surface area contributed by atoms with Crippen LogP contribution in [0.1, 0.15) is 11.1 Å². The van der Waals surface area contributed by atoms with E-state index in [0.717, 1.165) is 12.6 Å². The monoisotopic (exact) mass is 415 g/mol. The fourth-order valence-corrected chi connectivity index (χ4v) is 2.51. The lowest BCUT2D eigenvalue weighted by molar-refractivity contribution is -0.184. The number of anilines is 1. The minimum absolute atomic E-state index is 0. The summed E-state index contributed by atoms with van der Waals surface area (Å²) in [6.07, 6.45) is -4.57. The number of halogens is 4. The van der Waals surface area contributed by atoms with Crippen LogP contribution in [0.5, 0.6) is 0 Å². The molecule has 9 heteroatoms. The zero-order chi connectivity index (χ0) is 20.0. The summed E-state index contributed by atoms with van der Waals surface area (Å²) in [4.78, 5) is 24.0. The van der Waals surface area contributed by atoms with Crippen molar-refractivity contribution in [3.63, 3.8) is 0 Å². The Morgan fingerprint density at radius 3 is 2.29 bits per heavy atom. The van der Waals surface area contributed by atoms with E-state index >= 15 is 0 Å². The molecular formula is C19H21ClF3N3O2. The van der Waals surface area contributed by atoms with Gasteiger partial charge in [0.15, 0.2) is 0 Å². The first kappa shape index (κ1) is 23.5. The zero-order valence-electron chi connectivity index (χ0n) is 15.1.